The number of amides is 1. The average molecular weight is 333 g/mol. The van der Waals surface area contributed by atoms with Gasteiger partial charge >= 0.3 is 0 Å². The lowest BCUT2D eigenvalue weighted by Crippen LogP contribution is -2.37. The van der Waals surface area contributed by atoms with Gasteiger partial charge in [0.05, 0.1) is 12.0 Å². The van der Waals surface area contributed by atoms with Crippen LogP contribution >= 0.6 is 12.4 Å². The lowest BCUT2D eigenvalue weighted by molar-refractivity contribution is -0.130. The molecular formula is C19H25ClN2O. The first-order valence-corrected chi connectivity index (χ1v) is 8.29. The maximum atomic E-state index is 12.4. The number of carbonyl (C=O) groups is 1. The van der Waals surface area contributed by atoms with E-state index in [0.29, 0.717) is 0 Å². The molecule has 124 valence electrons. The summed E-state index contributed by atoms with van der Waals surface area (Å²) >= 11 is 0. The first-order chi connectivity index (χ1) is 10.7. The van der Waals surface area contributed by atoms with Gasteiger partial charge in [0, 0.05) is 19.2 Å². The molecule has 0 aliphatic carbocycles. The Morgan fingerprint density at radius 3 is 2.52 bits per heavy atom. The second kappa shape index (κ2) is 8.38. The molecule has 2 aliphatic rings. The van der Waals surface area contributed by atoms with Gasteiger partial charge in [-0.25, -0.2) is 0 Å². The minimum atomic E-state index is 0. The third-order valence-corrected chi connectivity index (χ3v) is 4.76. The molecule has 3 rings (SSSR count). The predicted octanol–water partition coefficient (Wildman–Crippen LogP) is 2.79. The zero-order valence-electron chi connectivity index (χ0n) is 13.7. The van der Waals surface area contributed by atoms with Gasteiger partial charge in [0.25, 0.3) is 0 Å². The molecule has 0 N–H and O–H groups in total. The van der Waals surface area contributed by atoms with E-state index in [4.69, 9.17) is 0 Å². The molecule has 2 saturated heterocycles. The smallest absolute Gasteiger partial charge is 0.227 e. The van der Waals surface area contributed by atoms with Gasteiger partial charge in [-0.05, 0) is 44.5 Å². The molecule has 0 radical (unpaired) electrons. The first kappa shape index (κ1) is 17.8. The van der Waals surface area contributed by atoms with Crippen molar-refractivity contribution in [3.8, 4) is 11.8 Å². The molecule has 2 atom stereocenters. The largest absolute Gasteiger partial charge is 0.332 e. The van der Waals surface area contributed by atoms with Crippen molar-refractivity contribution in [1.29, 1.82) is 0 Å². The average Bonchev–Trinajstić information content (AvgIpc) is 2.83. The number of carbonyl (C=O) groups excluding carboxylic acids is 1. The SMILES string of the molecule is CN1C(=O)[C@@H](CN2CCCCC2)C[C@H]1C#Cc1ccccc1.Cl. The molecular weight excluding hydrogens is 308 g/mol. The Kier molecular flexibility index (Phi) is 6.50. The predicted molar refractivity (Wildman–Crippen MR) is 95.5 cm³/mol. The summed E-state index contributed by atoms with van der Waals surface area (Å²) in [5, 5.41) is 0. The molecule has 0 spiro atoms. The summed E-state index contributed by atoms with van der Waals surface area (Å²) in [4.78, 5) is 16.7. The summed E-state index contributed by atoms with van der Waals surface area (Å²) in [6, 6.07) is 10.1. The van der Waals surface area contributed by atoms with Crippen LogP contribution in [-0.2, 0) is 4.79 Å². The van der Waals surface area contributed by atoms with Crippen molar-refractivity contribution >= 4 is 18.3 Å². The first-order valence-electron chi connectivity index (χ1n) is 8.29. The third kappa shape index (κ3) is 4.50. The van der Waals surface area contributed by atoms with Gasteiger partial charge in [-0.2, -0.15) is 0 Å². The molecule has 3 nitrogen and oxygen atoms in total. The quantitative estimate of drug-likeness (QED) is 0.777. The van der Waals surface area contributed by atoms with Gasteiger partial charge in [0.15, 0.2) is 0 Å². The van der Waals surface area contributed by atoms with Crippen LogP contribution in [0.1, 0.15) is 31.2 Å². The Balaban J connectivity index is 0.00000192. The minimum Gasteiger partial charge on any atom is -0.332 e. The van der Waals surface area contributed by atoms with Crippen LogP contribution in [0.3, 0.4) is 0 Å². The third-order valence-electron chi connectivity index (χ3n) is 4.76. The van der Waals surface area contributed by atoms with Crippen molar-refractivity contribution in [3.05, 3.63) is 35.9 Å². The normalized spacial score (nSPS) is 24.7. The summed E-state index contributed by atoms with van der Waals surface area (Å²) in [7, 11) is 1.89. The summed E-state index contributed by atoms with van der Waals surface area (Å²) in [6.45, 7) is 3.20. The molecule has 2 fully saturated rings. The highest BCUT2D eigenvalue weighted by molar-refractivity contribution is 5.85. The lowest BCUT2D eigenvalue weighted by Gasteiger charge is -2.28. The molecule has 0 bridgehead atoms. The zero-order valence-corrected chi connectivity index (χ0v) is 14.5. The van der Waals surface area contributed by atoms with E-state index in [1.807, 2.05) is 42.3 Å². The van der Waals surface area contributed by atoms with Gasteiger partial charge in [-0.1, -0.05) is 36.5 Å². The second-order valence-corrected chi connectivity index (χ2v) is 6.39. The summed E-state index contributed by atoms with van der Waals surface area (Å²) in [6.07, 6.45) is 4.74. The molecule has 2 heterocycles. The van der Waals surface area contributed by atoms with Gasteiger partial charge in [-0.3, -0.25) is 4.79 Å². The molecule has 1 amide bonds. The van der Waals surface area contributed by atoms with E-state index >= 15 is 0 Å². The van der Waals surface area contributed by atoms with Gasteiger partial charge in [0.2, 0.25) is 5.91 Å². The lowest BCUT2D eigenvalue weighted by atomic mass is 10.0. The van der Waals surface area contributed by atoms with Crippen molar-refractivity contribution in [1.82, 2.24) is 9.80 Å². The van der Waals surface area contributed by atoms with E-state index in [9.17, 15) is 4.79 Å². The molecule has 0 saturated carbocycles. The van der Waals surface area contributed by atoms with Crippen LogP contribution in [0.4, 0.5) is 0 Å². The molecule has 0 unspecified atom stereocenters. The number of hydrogen-bond donors (Lipinski definition) is 0. The van der Waals surface area contributed by atoms with Crippen LogP contribution < -0.4 is 0 Å². The Morgan fingerprint density at radius 2 is 1.83 bits per heavy atom. The number of benzene rings is 1. The highest BCUT2D eigenvalue weighted by Gasteiger charge is 2.37. The molecule has 1 aromatic rings. The Bertz CT molecular complexity index is 572. The summed E-state index contributed by atoms with van der Waals surface area (Å²) in [5.74, 6) is 6.87. The van der Waals surface area contributed by atoms with Crippen LogP contribution in [0.2, 0.25) is 0 Å². The number of likely N-dealkylation sites (tertiary alicyclic amines) is 2. The van der Waals surface area contributed by atoms with Crippen molar-refractivity contribution < 1.29 is 4.79 Å². The van der Waals surface area contributed by atoms with E-state index in [2.05, 4.69) is 16.7 Å². The fraction of sp³-hybridized carbons (Fsp3) is 0.526. The maximum Gasteiger partial charge on any atom is 0.227 e. The molecule has 2 aliphatic heterocycles. The van der Waals surface area contributed by atoms with Crippen LogP contribution in [0.5, 0.6) is 0 Å². The fourth-order valence-corrected chi connectivity index (χ4v) is 3.42. The number of nitrogens with zero attached hydrogens (tertiary/aromatic N) is 2. The number of halogens is 1. The molecule has 4 heteroatoms. The number of rotatable bonds is 2. The zero-order chi connectivity index (χ0) is 15.4. The van der Waals surface area contributed by atoms with Crippen LogP contribution in [-0.4, -0.2) is 48.4 Å². The Hall–Kier alpha value is -1.50. The monoisotopic (exact) mass is 332 g/mol. The van der Waals surface area contributed by atoms with Gasteiger partial charge < -0.3 is 9.80 Å². The van der Waals surface area contributed by atoms with Gasteiger partial charge in [0.1, 0.15) is 0 Å². The summed E-state index contributed by atoms with van der Waals surface area (Å²) in [5.41, 5.74) is 1.02. The fourth-order valence-electron chi connectivity index (χ4n) is 3.42. The van der Waals surface area contributed by atoms with E-state index < -0.39 is 0 Å². The van der Waals surface area contributed by atoms with E-state index in [1.54, 1.807) is 0 Å². The minimum absolute atomic E-state index is 0. The van der Waals surface area contributed by atoms with E-state index in [0.717, 1.165) is 31.6 Å². The van der Waals surface area contributed by atoms with Crippen LogP contribution in [0, 0.1) is 17.8 Å². The standard InChI is InChI=1S/C19H24N2O.ClH/c1-20-18(11-10-16-8-4-2-5-9-16)14-17(19(20)22)15-21-12-6-3-7-13-21;/h2,4-5,8-9,17-18H,3,6-7,12-15H2,1H3;1H/t17-,18-;/m1./s1. The maximum absolute atomic E-state index is 12.4. The highest BCUT2D eigenvalue weighted by atomic mass is 35.5. The molecule has 0 aromatic heterocycles. The van der Waals surface area contributed by atoms with Crippen molar-refractivity contribution in [3.63, 3.8) is 0 Å². The molecule has 1 aromatic carbocycles. The summed E-state index contributed by atoms with van der Waals surface area (Å²) < 4.78 is 0. The van der Waals surface area contributed by atoms with Crippen LogP contribution in [0.15, 0.2) is 30.3 Å². The topological polar surface area (TPSA) is 23.6 Å². The highest BCUT2D eigenvalue weighted by Crippen LogP contribution is 2.25. The van der Waals surface area contributed by atoms with Crippen molar-refractivity contribution in [2.45, 2.75) is 31.7 Å². The van der Waals surface area contributed by atoms with Crippen LogP contribution in [0.25, 0.3) is 0 Å². The van der Waals surface area contributed by atoms with Crippen molar-refractivity contribution in [2.24, 2.45) is 5.92 Å². The Labute approximate surface area is 145 Å². The van der Waals surface area contributed by atoms with E-state index in [1.165, 1.54) is 19.3 Å². The number of piperidine rings is 1. The van der Waals surface area contributed by atoms with Crippen molar-refractivity contribution in [2.75, 3.05) is 26.7 Å². The molecule has 23 heavy (non-hydrogen) atoms. The van der Waals surface area contributed by atoms with Gasteiger partial charge in [-0.15, -0.1) is 12.4 Å². The Morgan fingerprint density at radius 1 is 1.13 bits per heavy atom. The second-order valence-electron chi connectivity index (χ2n) is 6.39. The van der Waals surface area contributed by atoms with E-state index in [-0.39, 0.29) is 30.3 Å². The number of hydrogen-bond acceptors (Lipinski definition) is 2.